The molecule has 0 radical (unpaired) electrons. The summed E-state index contributed by atoms with van der Waals surface area (Å²) in [6.07, 6.45) is 3.82. The second kappa shape index (κ2) is 6.02. The van der Waals surface area contributed by atoms with Crippen molar-refractivity contribution < 1.29 is 0 Å². The molecule has 0 amide bonds. The van der Waals surface area contributed by atoms with E-state index in [9.17, 15) is 0 Å². The highest BCUT2D eigenvalue weighted by Crippen LogP contribution is 2.19. The van der Waals surface area contributed by atoms with Crippen LogP contribution in [0.3, 0.4) is 0 Å². The van der Waals surface area contributed by atoms with Gasteiger partial charge in [-0.25, -0.2) is 4.98 Å². The van der Waals surface area contributed by atoms with Crippen molar-refractivity contribution in [3.8, 4) is 0 Å². The highest BCUT2D eigenvalue weighted by atomic mass is 15.1. The molecule has 0 bridgehead atoms. The predicted molar refractivity (Wildman–Crippen MR) is 79.1 cm³/mol. The van der Waals surface area contributed by atoms with E-state index in [0.717, 1.165) is 13.1 Å². The van der Waals surface area contributed by atoms with Crippen LogP contribution in [-0.4, -0.2) is 9.55 Å². The molecule has 2 rings (SSSR count). The van der Waals surface area contributed by atoms with Gasteiger partial charge in [-0.2, -0.15) is 0 Å². The summed E-state index contributed by atoms with van der Waals surface area (Å²) in [7, 11) is 0. The van der Waals surface area contributed by atoms with Crippen molar-refractivity contribution in [2.75, 3.05) is 0 Å². The van der Waals surface area contributed by atoms with Gasteiger partial charge in [0.05, 0.1) is 12.0 Å². The van der Waals surface area contributed by atoms with Crippen LogP contribution in [-0.2, 0) is 13.1 Å². The average molecular weight is 257 g/mol. The molecule has 1 atom stereocenters. The summed E-state index contributed by atoms with van der Waals surface area (Å²) < 4.78 is 2.17. The van der Waals surface area contributed by atoms with Crippen LogP contribution in [0.1, 0.15) is 42.3 Å². The first kappa shape index (κ1) is 13.8. The van der Waals surface area contributed by atoms with Crippen molar-refractivity contribution in [3.63, 3.8) is 0 Å². The Balaban J connectivity index is 2.03. The molecule has 2 aromatic rings. The Bertz CT molecular complexity index is 543. The summed E-state index contributed by atoms with van der Waals surface area (Å²) in [6.45, 7) is 10.5. The van der Waals surface area contributed by atoms with Crippen LogP contribution in [0.4, 0.5) is 0 Å². The minimum Gasteiger partial charge on any atom is -0.334 e. The van der Waals surface area contributed by atoms with Gasteiger partial charge >= 0.3 is 0 Å². The van der Waals surface area contributed by atoms with Crippen LogP contribution in [0.15, 0.2) is 30.7 Å². The fourth-order valence-electron chi connectivity index (χ4n) is 2.46. The smallest absolute Gasteiger partial charge is 0.0948 e. The topological polar surface area (TPSA) is 29.9 Å². The maximum atomic E-state index is 4.20. The maximum Gasteiger partial charge on any atom is 0.0948 e. The zero-order valence-corrected chi connectivity index (χ0v) is 12.3. The van der Waals surface area contributed by atoms with E-state index in [0.29, 0.717) is 6.04 Å². The lowest BCUT2D eigenvalue weighted by Crippen LogP contribution is -2.20. The largest absolute Gasteiger partial charge is 0.334 e. The molecule has 1 heterocycles. The summed E-state index contributed by atoms with van der Waals surface area (Å²) in [6, 6.07) is 6.99. The number of benzene rings is 1. The molecule has 3 heteroatoms. The highest BCUT2D eigenvalue weighted by Gasteiger charge is 2.09. The quantitative estimate of drug-likeness (QED) is 0.890. The van der Waals surface area contributed by atoms with Crippen molar-refractivity contribution in [2.24, 2.45) is 0 Å². The number of rotatable bonds is 5. The number of nitrogens with one attached hydrogen (secondary N) is 1. The zero-order valence-electron chi connectivity index (χ0n) is 12.3. The van der Waals surface area contributed by atoms with E-state index in [1.54, 1.807) is 0 Å². The Morgan fingerprint density at radius 3 is 2.79 bits per heavy atom. The third-order valence-corrected chi connectivity index (χ3v) is 3.62. The first-order valence-electron chi connectivity index (χ1n) is 6.91. The molecule has 0 saturated heterocycles. The fraction of sp³-hybridized carbons (Fsp3) is 0.438. The van der Waals surface area contributed by atoms with Gasteiger partial charge < -0.3 is 9.88 Å². The molecule has 102 valence electrons. The third-order valence-electron chi connectivity index (χ3n) is 3.62. The second-order valence-electron chi connectivity index (χ2n) is 5.13. The minimum atomic E-state index is 0.348. The molecular weight excluding hydrogens is 234 g/mol. The predicted octanol–water partition coefficient (Wildman–Crippen LogP) is 3.37. The second-order valence-corrected chi connectivity index (χ2v) is 5.13. The van der Waals surface area contributed by atoms with Gasteiger partial charge in [-0.3, -0.25) is 0 Å². The Labute approximate surface area is 115 Å². The molecule has 1 aromatic heterocycles. The third kappa shape index (κ3) is 3.24. The van der Waals surface area contributed by atoms with Gasteiger partial charge in [-0.1, -0.05) is 23.8 Å². The lowest BCUT2D eigenvalue weighted by molar-refractivity contribution is 0.547. The molecule has 1 aromatic carbocycles. The minimum absolute atomic E-state index is 0.348. The Morgan fingerprint density at radius 1 is 1.32 bits per heavy atom. The van der Waals surface area contributed by atoms with Crippen molar-refractivity contribution in [1.82, 2.24) is 14.9 Å². The summed E-state index contributed by atoms with van der Waals surface area (Å²) >= 11 is 0. The van der Waals surface area contributed by atoms with E-state index in [-0.39, 0.29) is 0 Å². The molecule has 0 fully saturated rings. The first-order chi connectivity index (χ1) is 9.11. The number of hydrogen-bond donors (Lipinski definition) is 1. The first-order valence-corrected chi connectivity index (χ1v) is 6.91. The Morgan fingerprint density at radius 2 is 2.11 bits per heavy atom. The molecule has 0 spiro atoms. The van der Waals surface area contributed by atoms with Crippen molar-refractivity contribution in [1.29, 1.82) is 0 Å². The van der Waals surface area contributed by atoms with Crippen LogP contribution in [0.2, 0.25) is 0 Å². The van der Waals surface area contributed by atoms with Crippen LogP contribution in [0.25, 0.3) is 0 Å². The summed E-state index contributed by atoms with van der Waals surface area (Å²) in [5, 5.41) is 3.58. The van der Waals surface area contributed by atoms with Crippen LogP contribution in [0.5, 0.6) is 0 Å². The lowest BCUT2D eigenvalue weighted by atomic mass is 10.0. The van der Waals surface area contributed by atoms with Gasteiger partial charge in [0, 0.05) is 25.3 Å². The van der Waals surface area contributed by atoms with Gasteiger partial charge in [-0.15, -0.1) is 0 Å². The van der Waals surface area contributed by atoms with E-state index in [1.807, 2.05) is 12.5 Å². The van der Waals surface area contributed by atoms with Crippen molar-refractivity contribution in [2.45, 2.75) is 46.8 Å². The molecule has 0 aliphatic heterocycles. The monoisotopic (exact) mass is 257 g/mol. The number of nitrogens with zero attached hydrogens (tertiary/aromatic N) is 2. The number of aryl methyl sites for hydroxylation is 3. The fourth-order valence-corrected chi connectivity index (χ4v) is 2.46. The number of hydrogen-bond acceptors (Lipinski definition) is 2. The van der Waals surface area contributed by atoms with Crippen LogP contribution >= 0.6 is 0 Å². The van der Waals surface area contributed by atoms with E-state index in [1.165, 1.54) is 22.4 Å². The summed E-state index contributed by atoms with van der Waals surface area (Å²) in [5.41, 5.74) is 5.27. The van der Waals surface area contributed by atoms with E-state index >= 15 is 0 Å². The Kier molecular flexibility index (Phi) is 4.38. The van der Waals surface area contributed by atoms with E-state index < -0.39 is 0 Å². The molecule has 3 nitrogen and oxygen atoms in total. The lowest BCUT2D eigenvalue weighted by Gasteiger charge is -2.17. The molecule has 1 unspecified atom stereocenters. The van der Waals surface area contributed by atoms with Gasteiger partial charge in [0.25, 0.3) is 0 Å². The van der Waals surface area contributed by atoms with Crippen LogP contribution in [0, 0.1) is 13.8 Å². The standard InChI is InChI=1S/C16H23N3/c1-5-19-11-17-9-15(19)10-18-14(4)16-7-6-12(2)8-13(16)3/h6-9,11,14,18H,5,10H2,1-4H3. The van der Waals surface area contributed by atoms with Gasteiger partial charge in [0.15, 0.2) is 0 Å². The Hall–Kier alpha value is -1.61. The van der Waals surface area contributed by atoms with Gasteiger partial charge in [0.1, 0.15) is 0 Å². The molecule has 1 N–H and O–H groups in total. The van der Waals surface area contributed by atoms with Crippen molar-refractivity contribution >= 4 is 0 Å². The molecule has 0 saturated carbocycles. The summed E-state index contributed by atoms with van der Waals surface area (Å²) in [4.78, 5) is 4.20. The van der Waals surface area contributed by atoms with Crippen LogP contribution < -0.4 is 5.32 Å². The van der Waals surface area contributed by atoms with E-state index in [4.69, 9.17) is 0 Å². The molecule has 0 aliphatic carbocycles. The maximum absolute atomic E-state index is 4.20. The number of imidazole rings is 1. The highest BCUT2D eigenvalue weighted by molar-refractivity contribution is 5.32. The normalized spacial score (nSPS) is 12.6. The SMILES string of the molecule is CCn1cncc1CNC(C)c1ccc(C)cc1C. The zero-order chi connectivity index (χ0) is 13.8. The van der Waals surface area contributed by atoms with E-state index in [2.05, 4.69) is 60.8 Å². The van der Waals surface area contributed by atoms with Crippen molar-refractivity contribution in [3.05, 3.63) is 53.1 Å². The average Bonchev–Trinajstić information content (AvgIpc) is 2.83. The van der Waals surface area contributed by atoms with Gasteiger partial charge in [-0.05, 0) is 38.8 Å². The van der Waals surface area contributed by atoms with Gasteiger partial charge in [0.2, 0.25) is 0 Å². The molecule has 0 aliphatic rings. The molecular formula is C16H23N3. The molecule has 19 heavy (non-hydrogen) atoms. The summed E-state index contributed by atoms with van der Waals surface area (Å²) in [5.74, 6) is 0. The number of aromatic nitrogens is 2.